The van der Waals surface area contributed by atoms with Crippen molar-refractivity contribution in [1.82, 2.24) is 0 Å². The second-order valence-electron chi connectivity index (χ2n) is 2.67. The molecule has 0 bridgehead atoms. The lowest BCUT2D eigenvalue weighted by Crippen LogP contribution is -2.56. The van der Waals surface area contributed by atoms with Gasteiger partial charge in [-0.05, 0) is 0 Å². The molecule has 0 aromatic carbocycles. The minimum atomic E-state index is -1.88. The standard InChI is InChI=1S/C6H11FO5/c7-3-2(1-8)12-6(11)5(10)4(3)9/h2-6,8-11H,1H2/t2-,3-,4+,5-,6-/m1/s1/i7-1. The molecule has 0 aliphatic carbocycles. The van der Waals surface area contributed by atoms with Crippen molar-refractivity contribution in [2.24, 2.45) is 0 Å². The molecule has 0 aromatic rings. The summed E-state index contributed by atoms with van der Waals surface area (Å²) in [6.45, 7) is -0.651. The van der Waals surface area contributed by atoms with Crippen molar-refractivity contribution >= 4 is 0 Å². The second-order valence-corrected chi connectivity index (χ2v) is 2.67. The van der Waals surface area contributed by atoms with Crippen LogP contribution < -0.4 is 0 Å². The van der Waals surface area contributed by atoms with E-state index in [-0.39, 0.29) is 0 Å². The van der Waals surface area contributed by atoms with Crippen LogP contribution in [0.2, 0.25) is 0 Å². The molecule has 0 saturated carbocycles. The molecular formula is C6H11FO5. The minimum absolute atomic E-state index is 0.651. The van der Waals surface area contributed by atoms with Gasteiger partial charge in [0.05, 0.1) is 6.61 Å². The van der Waals surface area contributed by atoms with Gasteiger partial charge in [0, 0.05) is 0 Å². The SMILES string of the molecule is OC[C@H]1O[C@@H](O)[C@H](O)[C@@H](O)[C@@H]1[18F]. The molecule has 1 aliphatic rings. The monoisotopic (exact) mass is 181 g/mol. The van der Waals surface area contributed by atoms with Gasteiger partial charge in [0.2, 0.25) is 0 Å². The summed E-state index contributed by atoms with van der Waals surface area (Å²) in [6.07, 6.45) is -8.19. The maximum Gasteiger partial charge on any atom is 0.184 e. The molecule has 72 valence electrons. The number of aliphatic hydroxyl groups excluding tert-OH is 4. The lowest BCUT2D eigenvalue weighted by atomic mass is 10.0. The number of ether oxygens (including phenoxy) is 1. The van der Waals surface area contributed by atoms with Gasteiger partial charge in [0.25, 0.3) is 0 Å². The molecule has 1 fully saturated rings. The van der Waals surface area contributed by atoms with Crippen LogP contribution in [0, 0.1) is 0 Å². The molecule has 12 heavy (non-hydrogen) atoms. The maximum absolute atomic E-state index is 12.9. The first-order valence-electron chi connectivity index (χ1n) is 3.52. The molecule has 0 unspecified atom stereocenters. The summed E-state index contributed by atoms with van der Waals surface area (Å²) < 4.78 is 17.3. The third-order valence-corrected chi connectivity index (χ3v) is 1.82. The molecule has 1 heterocycles. The molecule has 1 aliphatic heterocycles. The highest BCUT2D eigenvalue weighted by Gasteiger charge is 2.43. The van der Waals surface area contributed by atoms with E-state index < -0.39 is 37.4 Å². The van der Waals surface area contributed by atoms with Crippen LogP contribution in [0.5, 0.6) is 0 Å². The van der Waals surface area contributed by atoms with Gasteiger partial charge in [-0.15, -0.1) is 0 Å². The Balaban J connectivity index is 2.63. The Morgan fingerprint density at radius 3 is 2.25 bits per heavy atom. The van der Waals surface area contributed by atoms with Crippen LogP contribution in [-0.4, -0.2) is 57.8 Å². The van der Waals surface area contributed by atoms with E-state index in [4.69, 9.17) is 20.4 Å². The third kappa shape index (κ3) is 1.57. The molecule has 1 saturated heterocycles. The van der Waals surface area contributed by atoms with E-state index in [1.165, 1.54) is 0 Å². The lowest BCUT2D eigenvalue weighted by Gasteiger charge is -2.36. The zero-order chi connectivity index (χ0) is 9.30. The Kier molecular flexibility index (Phi) is 2.97. The van der Waals surface area contributed by atoms with Crippen molar-refractivity contribution in [2.45, 2.75) is 30.8 Å². The fraction of sp³-hybridized carbons (Fsp3) is 1.00. The molecular weight excluding hydrogens is 170 g/mol. The fourth-order valence-electron chi connectivity index (χ4n) is 1.06. The summed E-state index contributed by atoms with van der Waals surface area (Å²) in [4.78, 5) is 0. The van der Waals surface area contributed by atoms with Crippen LogP contribution in [0.3, 0.4) is 0 Å². The van der Waals surface area contributed by atoms with Crippen LogP contribution >= 0.6 is 0 Å². The van der Waals surface area contributed by atoms with E-state index >= 15 is 0 Å². The Labute approximate surface area is 68.0 Å². The number of aliphatic hydroxyl groups is 4. The molecule has 6 heteroatoms. The van der Waals surface area contributed by atoms with Crippen molar-refractivity contribution in [2.75, 3.05) is 6.61 Å². The van der Waals surface area contributed by atoms with Gasteiger partial charge in [0.1, 0.15) is 18.3 Å². The van der Waals surface area contributed by atoms with Gasteiger partial charge >= 0.3 is 0 Å². The van der Waals surface area contributed by atoms with Crippen molar-refractivity contribution in [3.63, 3.8) is 0 Å². The van der Waals surface area contributed by atoms with Crippen LogP contribution in [0.4, 0.5) is 4.39 Å². The predicted octanol–water partition coefficient (Wildman–Crippen LogP) is -2.24. The van der Waals surface area contributed by atoms with Gasteiger partial charge in [-0.2, -0.15) is 0 Å². The van der Waals surface area contributed by atoms with Gasteiger partial charge < -0.3 is 25.2 Å². The van der Waals surface area contributed by atoms with Gasteiger partial charge in [0.15, 0.2) is 12.5 Å². The highest BCUT2D eigenvalue weighted by atomic mass is 18.2. The van der Waals surface area contributed by atoms with Crippen LogP contribution in [-0.2, 0) is 4.74 Å². The molecule has 5 atom stereocenters. The third-order valence-electron chi connectivity index (χ3n) is 1.82. The highest BCUT2D eigenvalue weighted by molar-refractivity contribution is 4.88. The molecule has 4 N–H and O–H groups in total. The van der Waals surface area contributed by atoms with E-state index in [1.807, 2.05) is 0 Å². The molecule has 0 amide bonds. The molecule has 0 radical (unpaired) electrons. The first kappa shape index (κ1) is 9.82. The summed E-state index contributed by atoms with van der Waals surface area (Å²) in [5.41, 5.74) is 0. The van der Waals surface area contributed by atoms with E-state index in [9.17, 15) is 4.39 Å². The van der Waals surface area contributed by atoms with E-state index in [1.54, 1.807) is 0 Å². The minimum Gasteiger partial charge on any atom is -0.394 e. The van der Waals surface area contributed by atoms with Crippen LogP contribution in [0.1, 0.15) is 0 Å². The average Bonchev–Trinajstić information content (AvgIpc) is 2.08. The predicted molar refractivity (Wildman–Crippen MR) is 34.9 cm³/mol. The lowest BCUT2D eigenvalue weighted by molar-refractivity contribution is -0.274. The zero-order valence-electron chi connectivity index (χ0n) is 6.17. The van der Waals surface area contributed by atoms with Gasteiger partial charge in [-0.25, -0.2) is 4.39 Å². The second kappa shape index (κ2) is 3.63. The summed E-state index contributed by atoms with van der Waals surface area (Å²) in [5.74, 6) is 0. The number of hydrogen-bond acceptors (Lipinski definition) is 5. The van der Waals surface area contributed by atoms with Crippen molar-refractivity contribution < 1.29 is 29.6 Å². The zero-order valence-corrected chi connectivity index (χ0v) is 6.17. The first-order chi connectivity index (χ1) is 5.57. The summed E-state index contributed by atoms with van der Waals surface area (Å²) >= 11 is 0. The molecule has 1 rings (SSSR count). The van der Waals surface area contributed by atoms with Crippen molar-refractivity contribution in [1.29, 1.82) is 0 Å². The topological polar surface area (TPSA) is 90.2 Å². The van der Waals surface area contributed by atoms with Gasteiger partial charge in [-0.1, -0.05) is 0 Å². The van der Waals surface area contributed by atoms with Crippen molar-refractivity contribution in [3.8, 4) is 0 Å². The van der Waals surface area contributed by atoms with E-state index in [0.717, 1.165) is 0 Å². The fourth-order valence-corrected chi connectivity index (χ4v) is 1.06. The van der Waals surface area contributed by atoms with Crippen LogP contribution in [0.25, 0.3) is 0 Å². The Hall–Kier alpha value is -0.270. The smallest absolute Gasteiger partial charge is 0.184 e. The van der Waals surface area contributed by atoms with Gasteiger partial charge in [-0.3, -0.25) is 0 Å². The number of halogens is 1. The number of hydrogen-bond donors (Lipinski definition) is 4. The summed E-state index contributed by atoms with van der Waals surface area (Å²) in [6, 6.07) is 0. The quantitative estimate of drug-likeness (QED) is 0.367. The Bertz CT molecular complexity index is 150. The number of alkyl halides is 1. The largest absolute Gasteiger partial charge is 0.394 e. The maximum atomic E-state index is 12.9. The van der Waals surface area contributed by atoms with Crippen LogP contribution in [0.15, 0.2) is 0 Å². The summed E-state index contributed by atoms with van der Waals surface area (Å²) in [5, 5.41) is 35.2. The molecule has 5 nitrogen and oxygen atoms in total. The van der Waals surface area contributed by atoms with E-state index in [2.05, 4.69) is 4.74 Å². The Morgan fingerprint density at radius 1 is 1.17 bits per heavy atom. The van der Waals surface area contributed by atoms with E-state index in [0.29, 0.717) is 0 Å². The van der Waals surface area contributed by atoms with Crippen molar-refractivity contribution in [3.05, 3.63) is 0 Å². The summed E-state index contributed by atoms with van der Waals surface area (Å²) in [7, 11) is 0. The number of rotatable bonds is 1. The molecule has 0 aromatic heterocycles. The average molecular weight is 181 g/mol. The molecule has 0 spiro atoms. The normalized spacial score (nSPS) is 49.2. The first-order valence-corrected chi connectivity index (χ1v) is 3.52. The Morgan fingerprint density at radius 2 is 1.75 bits per heavy atom. The highest BCUT2D eigenvalue weighted by Crippen LogP contribution is 2.21.